The summed E-state index contributed by atoms with van der Waals surface area (Å²) in [5.74, 6) is -0.154. The summed E-state index contributed by atoms with van der Waals surface area (Å²) in [6, 6.07) is 5.07. The molecule has 0 atom stereocenters. The Hall–Kier alpha value is -2.14. The number of hydrogen-bond acceptors (Lipinski definition) is 4. The minimum atomic E-state index is -0.154. The van der Waals surface area contributed by atoms with Gasteiger partial charge in [0, 0.05) is 25.0 Å². The van der Waals surface area contributed by atoms with Gasteiger partial charge in [-0.15, -0.1) is 0 Å². The molecule has 5 nitrogen and oxygen atoms in total. The predicted octanol–water partition coefficient (Wildman–Crippen LogP) is 2.10. The zero-order valence-corrected chi connectivity index (χ0v) is 11.1. The van der Waals surface area contributed by atoms with E-state index in [0.717, 1.165) is 5.69 Å². The fourth-order valence-electron chi connectivity index (χ4n) is 1.55. The Labute approximate surface area is 116 Å². The summed E-state index contributed by atoms with van der Waals surface area (Å²) < 4.78 is 0. The fraction of sp³-hybridized carbons (Fsp3) is 0.154. The van der Waals surface area contributed by atoms with Crippen LogP contribution in [-0.2, 0) is 6.54 Å². The third kappa shape index (κ3) is 3.42. The zero-order valence-electron chi connectivity index (χ0n) is 10.4. The van der Waals surface area contributed by atoms with E-state index in [0.29, 0.717) is 22.8 Å². The molecule has 0 aliphatic rings. The monoisotopic (exact) mass is 276 g/mol. The third-order valence-electron chi connectivity index (χ3n) is 2.53. The first kappa shape index (κ1) is 13.3. The quantitative estimate of drug-likeness (QED) is 0.897. The largest absolute Gasteiger partial charge is 0.378 e. The number of benzene rings is 1. The Balaban J connectivity index is 2.13. The van der Waals surface area contributed by atoms with Gasteiger partial charge in [-0.2, -0.15) is 0 Å². The van der Waals surface area contributed by atoms with Gasteiger partial charge in [0.1, 0.15) is 0 Å². The first-order valence-electron chi connectivity index (χ1n) is 5.71. The molecule has 0 saturated heterocycles. The third-order valence-corrected chi connectivity index (χ3v) is 2.86. The number of carbonyl (C=O) groups is 1. The standard InChI is InChI=1S/C13H13ClN4O/c1-15-13(19)9-2-3-11(14)12(6-9)18-8-10-7-16-4-5-17-10/h2-7,18H,8H2,1H3,(H,15,19). The van der Waals surface area contributed by atoms with Crippen molar-refractivity contribution >= 4 is 23.2 Å². The van der Waals surface area contributed by atoms with Crippen molar-refractivity contribution in [2.45, 2.75) is 6.54 Å². The van der Waals surface area contributed by atoms with Gasteiger partial charge in [0.05, 0.1) is 29.1 Å². The number of carbonyl (C=O) groups excluding carboxylic acids is 1. The molecule has 1 aromatic heterocycles. The zero-order chi connectivity index (χ0) is 13.7. The average molecular weight is 277 g/mol. The second-order valence-electron chi connectivity index (χ2n) is 3.82. The second kappa shape index (κ2) is 6.15. The Kier molecular flexibility index (Phi) is 4.30. The van der Waals surface area contributed by atoms with Gasteiger partial charge >= 0.3 is 0 Å². The highest BCUT2D eigenvalue weighted by atomic mass is 35.5. The van der Waals surface area contributed by atoms with Gasteiger partial charge in [-0.3, -0.25) is 14.8 Å². The van der Waals surface area contributed by atoms with Crippen molar-refractivity contribution < 1.29 is 4.79 Å². The van der Waals surface area contributed by atoms with E-state index < -0.39 is 0 Å². The first-order valence-corrected chi connectivity index (χ1v) is 6.09. The van der Waals surface area contributed by atoms with E-state index in [1.165, 1.54) is 0 Å². The normalized spacial score (nSPS) is 10.0. The topological polar surface area (TPSA) is 66.9 Å². The lowest BCUT2D eigenvalue weighted by Crippen LogP contribution is -2.17. The fourth-order valence-corrected chi connectivity index (χ4v) is 1.74. The van der Waals surface area contributed by atoms with Crippen molar-refractivity contribution in [1.29, 1.82) is 0 Å². The van der Waals surface area contributed by atoms with Gasteiger partial charge in [-0.1, -0.05) is 11.6 Å². The van der Waals surface area contributed by atoms with Gasteiger partial charge in [-0.05, 0) is 18.2 Å². The molecule has 0 unspecified atom stereocenters. The maximum atomic E-state index is 11.5. The molecular weight excluding hydrogens is 264 g/mol. The van der Waals surface area contributed by atoms with Crippen molar-refractivity contribution in [3.05, 3.63) is 53.1 Å². The predicted molar refractivity (Wildman–Crippen MR) is 74.2 cm³/mol. The molecule has 0 spiro atoms. The number of amides is 1. The van der Waals surface area contributed by atoms with Crippen LogP contribution in [0.1, 0.15) is 16.1 Å². The molecular formula is C13H13ClN4O. The van der Waals surface area contributed by atoms with Crippen molar-refractivity contribution in [3.8, 4) is 0 Å². The van der Waals surface area contributed by atoms with Crippen molar-refractivity contribution in [1.82, 2.24) is 15.3 Å². The highest BCUT2D eigenvalue weighted by Crippen LogP contribution is 2.23. The van der Waals surface area contributed by atoms with E-state index >= 15 is 0 Å². The molecule has 6 heteroatoms. The van der Waals surface area contributed by atoms with E-state index in [-0.39, 0.29) is 5.91 Å². The lowest BCUT2D eigenvalue weighted by molar-refractivity contribution is 0.0963. The Morgan fingerprint density at radius 1 is 1.37 bits per heavy atom. The number of rotatable bonds is 4. The van der Waals surface area contributed by atoms with E-state index in [4.69, 9.17) is 11.6 Å². The lowest BCUT2D eigenvalue weighted by atomic mass is 10.2. The maximum absolute atomic E-state index is 11.5. The molecule has 0 radical (unpaired) electrons. The van der Waals surface area contributed by atoms with Crippen LogP contribution in [0.25, 0.3) is 0 Å². The van der Waals surface area contributed by atoms with Crippen LogP contribution >= 0.6 is 11.6 Å². The minimum absolute atomic E-state index is 0.154. The summed E-state index contributed by atoms with van der Waals surface area (Å²) in [4.78, 5) is 19.7. The molecule has 0 bridgehead atoms. The van der Waals surface area contributed by atoms with Gasteiger partial charge in [0.25, 0.3) is 5.91 Å². The Bertz CT molecular complexity index is 574. The van der Waals surface area contributed by atoms with Crippen LogP contribution in [0.15, 0.2) is 36.8 Å². The van der Waals surface area contributed by atoms with E-state index in [1.54, 1.807) is 43.8 Å². The second-order valence-corrected chi connectivity index (χ2v) is 4.23. The molecule has 0 saturated carbocycles. The van der Waals surface area contributed by atoms with Gasteiger partial charge in [0.15, 0.2) is 0 Å². The molecule has 19 heavy (non-hydrogen) atoms. The van der Waals surface area contributed by atoms with E-state index in [9.17, 15) is 4.79 Å². The highest BCUT2D eigenvalue weighted by Gasteiger charge is 2.07. The van der Waals surface area contributed by atoms with Crippen LogP contribution in [0.2, 0.25) is 5.02 Å². The first-order chi connectivity index (χ1) is 9.20. The highest BCUT2D eigenvalue weighted by molar-refractivity contribution is 6.33. The molecule has 0 fully saturated rings. The van der Waals surface area contributed by atoms with E-state index in [1.807, 2.05) is 0 Å². The molecule has 98 valence electrons. The van der Waals surface area contributed by atoms with Crippen molar-refractivity contribution in [2.75, 3.05) is 12.4 Å². The summed E-state index contributed by atoms with van der Waals surface area (Å²) in [5, 5.41) is 6.26. The summed E-state index contributed by atoms with van der Waals surface area (Å²) in [6.07, 6.45) is 4.91. The number of nitrogens with one attached hydrogen (secondary N) is 2. The molecule has 1 heterocycles. The number of aromatic nitrogens is 2. The number of hydrogen-bond donors (Lipinski definition) is 2. The van der Waals surface area contributed by atoms with E-state index in [2.05, 4.69) is 20.6 Å². The van der Waals surface area contributed by atoms with Crippen LogP contribution in [0, 0.1) is 0 Å². The summed E-state index contributed by atoms with van der Waals surface area (Å²) >= 11 is 6.08. The summed E-state index contributed by atoms with van der Waals surface area (Å²) in [6.45, 7) is 0.491. The molecule has 0 aliphatic heterocycles. The molecule has 2 rings (SSSR count). The number of anilines is 1. The molecule has 0 aliphatic carbocycles. The van der Waals surface area contributed by atoms with Crippen molar-refractivity contribution in [3.63, 3.8) is 0 Å². The van der Waals surface area contributed by atoms with Gasteiger partial charge in [0.2, 0.25) is 0 Å². The summed E-state index contributed by atoms with van der Waals surface area (Å²) in [7, 11) is 1.59. The van der Waals surface area contributed by atoms with Gasteiger partial charge in [-0.25, -0.2) is 0 Å². The van der Waals surface area contributed by atoms with Gasteiger partial charge < -0.3 is 10.6 Å². The van der Waals surface area contributed by atoms with Crippen LogP contribution in [0.5, 0.6) is 0 Å². The van der Waals surface area contributed by atoms with Crippen LogP contribution in [0.4, 0.5) is 5.69 Å². The molecule has 2 aromatic rings. The lowest BCUT2D eigenvalue weighted by Gasteiger charge is -2.09. The summed E-state index contributed by atoms with van der Waals surface area (Å²) in [5.41, 5.74) is 2.03. The smallest absolute Gasteiger partial charge is 0.251 e. The van der Waals surface area contributed by atoms with Crippen LogP contribution in [0.3, 0.4) is 0 Å². The van der Waals surface area contributed by atoms with Crippen molar-refractivity contribution in [2.24, 2.45) is 0 Å². The Morgan fingerprint density at radius 3 is 2.89 bits per heavy atom. The molecule has 1 aromatic carbocycles. The average Bonchev–Trinajstić information content (AvgIpc) is 2.46. The SMILES string of the molecule is CNC(=O)c1ccc(Cl)c(NCc2cnccn2)c1. The molecule has 2 N–H and O–H groups in total. The maximum Gasteiger partial charge on any atom is 0.251 e. The number of halogens is 1. The number of nitrogens with zero attached hydrogens (tertiary/aromatic N) is 2. The Morgan fingerprint density at radius 2 is 2.21 bits per heavy atom. The van der Waals surface area contributed by atoms with Crippen LogP contribution < -0.4 is 10.6 Å². The molecule has 1 amide bonds. The van der Waals surface area contributed by atoms with Crippen LogP contribution in [-0.4, -0.2) is 22.9 Å². The minimum Gasteiger partial charge on any atom is -0.378 e.